The third-order valence-corrected chi connectivity index (χ3v) is 3.99. The molecule has 2 rings (SSSR count). The minimum absolute atomic E-state index is 0.330. The van der Waals surface area contributed by atoms with Crippen LogP contribution >= 0.6 is 0 Å². The first-order chi connectivity index (χ1) is 10.5. The summed E-state index contributed by atoms with van der Waals surface area (Å²) < 4.78 is 0. The van der Waals surface area contributed by atoms with Crippen molar-refractivity contribution in [2.24, 2.45) is 0 Å². The van der Waals surface area contributed by atoms with Gasteiger partial charge in [0.05, 0.1) is 11.8 Å². The van der Waals surface area contributed by atoms with Crippen molar-refractivity contribution in [1.29, 1.82) is 0 Å². The van der Waals surface area contributed by atoms with Crippen LogP contribution in [0.5, 0.6) is 0 Å². The third-order valence-electron chi connectivity index (χ3n) is 3.99. The molecule has 0 aliphatic heterocycles. The summed E-state index contributed by atoms with van der Waals surface area (Å²) in [6.07, 6.45) is 0. The van der Waals surface area contributed by atoms with Crippen molar-refractivity contribution in [3.8, 4) is 0 Å². The molecule has 0 heterocycles. The molecule has 0 fully saturated rings. The second-order valence-electron chi connectivity index (χ2n) is 5.10. The molecule has 1 unspecified atom stereocenters. The Morgan fingerprint density at radius 2 is 1.77 bits per heavy atom. The van der Waals surface area contributed by atoms with E-state index in [0.29, 0.717) is 24.0 Å². The molecule has 0 aromatic heterocycles. The van der Waals surface area contributed by atoms with Crippen LogP contribution in [0.1, 0.15) is 24.2 Å². The second-order valence-corrected chi connectivity index (χ2v) is 5.10. The van der Waals surface area contributed by atoms with Gasteiger partial charge in [0.1, 0.15) is 0 Å². The molecule has 5 nitrogen and oxygen atoms in total. The molecule has 2 aromatic rings. The number of rotatable bonds is 6. The van der Waals surface area contributed by atoms with Crippen molar-refractivity contribution >= 4 is 16.6 Å². The molecule has 1 atom stereocenters. The fourth-order valence-corrected chi connectivity index (χ4v) is 2.73. The van der Waals surface area contributed by atoms with Crippen LogP contribution in [0.4, 0.5) is 0 Å². The third kappa shape index (κ3) is 2.48. The van der Waals surface area contributed by atoms with E-state index in [0.717, 1.165) is 5.39 Å². The molecule has 22 heavy (non-hydrogen) atoms. The van der Waals surface area contributed by atoms with Gasteiger partial charge >= 0.3 is 5.66 Å². The second kappa shape index (κ2) is 6.23. The van der Waals surface area contributed by atoms with Crippen LogP contribution in [0.15, 0.2) is 42.5 Å². The van der Waals surface area contributed by atoms with Crippen molar-refractivity contribution < 1.29 is 9.72 Å². The molecular formula is C17H19N2O3. The van der Waals surface area contributed by atoms with Crippen LogP contribution in [-0.2, 0) is 0 Å². The number of hydrogen-bond donors (Lipinski definition) is 0. The molecule has 115 valence electrons. The SMILES string of the molecule is [CH2]C(C(=O)c1cccc2ccccc12)(N(CC)CC)[N+](=O)[O-]. The Hall–Kier alpha value is -2.27. The Balaban J connectivity index is 2.62. The Labute approximate surface area is 129 Å². The number of carbonyl (C=O) groups excluding carboxylic acids is 1. The average Bonchev–Trinajstić information content (AvgIpc) is 2.54. The molecule has 2 aromatic carbocycles. The molecule has 0 amide bonds. The molecule has 0 saturated heterocycles. The van der Waals surface area contributed by atoms with Crippen LogP contribution in [0.25, 0.3) is 10.8 Å². The highest BCUT2D eigenvalue weighted by Crippen LogP contribution is 2.26. The van der Waals surface area contributed by atoms with Gasteiger partial charge in [-0.3, -0.25) is 14.9 Å². The van der Waals surface area contributed by atoms with E-state index in [-0.39, 0.29) is 0 Å². The van der Waals surface area contributed by atoms with Gasteiger partial charge in [0.15, 0.2) is 0 Å². The minimum atomic E-state index is -2.01. The lowest BCUT2D eigenvalue weighted by Crippen LogP contribution is -2.58. The monoisotopic (exact) mass is 299 g/mol. The van der Waals surface area contributed by atoms with E-state index in [1.807, 2.05) is 24.3 Å². The minimum Gasteiger partial charge on any atom is -0.284 e. The maximum Gasteiger partial charge on any atom is 0.340 e. The highest BCUT2D eigenvalue weighted by atomic mass is 16.6. The largest absolute Gasteiger partial charge is 0.340 e. The van der Waals surface area contributed by atoms with E-state index in [1.165, 1.54) is 4.90 Å². The first kappa shape index (κ1) is 16.1. The number of Topliss-reactive ketones (excluding diaryl/α,β-unsaturated/α-hetero) is 1. The molecule has 5 heteroatoms. The van der Waals surface area contributed by atoms with E-state index in [1.54, 1.807) is 32.0 Å². The number of hydrogen-bond acceptors (Lipinski definition) is 4. The first-order valence-corrected chi connectivity index (χ1v) is 7.24. The summed E-state index contributed by atoms with van der Waals surface area (Å²) >= 11 is 0. The molecule has 0 spiro atoms. The zero-order chi connectivity index (χ0) is 16.3. The van der Waals surface area contributed by atoms with Gasteiger partial charge in [-0.2, -0.15) is 0 Å². The fourth-order valence-electron chi connectivity index (χ4n) is 2.73. The average molecular weight is 299 g/mol. The maximum atomic E-state index is 12.9. The van der Waals surface area contributed by atoms with E-state index in [2.05, 4.69) is 6.92 Å². The topological polar surface area (TPSA) is 63.5 Å². The number of nitrogens with zero attached hydrogens (tertiary/aromatic N) is 2. The van der Waals surface area contributed by atoms with E-state index in [4.69, 9.17) is 0 Å². The maximum absolute atomic E-state index is 12.9. The molecule has 0 aliphatic carbocycles. The summed E-state index contributed by atoms with van der Waals surface area (Å²) in [5, 5.41) is 13.2. The zero-order valence-electron chi connectivity index (χ0n) is 12.8. The van der Waals surface area contributed by atoms with Crippen LogP contribution in [0.3, 0.4) is 0 Å². The summed E-state index contributed by atoms with van der Waals surface area (Å²) in [6.45, 7) is 7.98. The highest BCUT2D eigenvalue weighted by Gasteiger charge is 2.51. The van der Waals surface area contributed by atoms with Crippen molar-refractivity contribution in [1.82, 2.24) is 4.90 Å². The smallest absolute Gasteiger partial charge is 0.284 e. The van der Waals surface area contributed by atoms with Gasteiger partial charge in [-0.1, -0.05) is 56.3 Å². The van der Waals surface area contributed by atoms with Gasteiger partial charge < -0.3 is 0 Å². The van der Waals surface area contributed by atoms with Crippen molar-refractivity contribution in [2.45, 2.75) is 19.5 Å². The molecular weight excluding hydrogens is 280 g/mol. The lowest BCUT2D eigenvalue weighted by Gasteiger charge is -2.30. The molecule has 1 radical (unpaired) electrons. The van der Waals surface area contributed by atoms with Crippen LogP contribution in [0.2, 0.25) is 0 Å². The number of likely N-dealkylation sites (N-methyl/N-ethyl adjacent to an activating group) is 1. The molecule has 0 N–H and O–H groups in total. The van der Waals surface area contributed by atoms with E-state index >= 15 is 0 Å². The molecule has 0 bridgehead atoms. The van der Waals surface area contributed by atoms with Gasteiger partial charge in [-0.15, -0.1) is 0 Å². The number of benzene rings is 2. The Morgan fingerprint density at radius 1 is 1.18 bits per heavy atom. The van der Waals surface area contributed by atoms with E-state index in [9.17, 15) is 14.9 Å². The summed E-state index contributed by atoms with van der Waals surface area (Å²) in [6, 6.07) is 12.6. The Morgan fingerprint density at radius 3 is 2.36 bits per heavy atom. The summed E-state index contributed by atoms with van der Waals surface area (Å²) in [4.78, 5) is 25.4. The van der Waals surface area contributed by atoms with Gasteiger partial charge in [0.25, 0.3) is 5.78 Å². The number of nitro groups is 1. The molecule has 0 aliphatic rings. The number of fused-ring (bicyclic) bond motifs is 1. The van der Waals surface area contributed by atoms with Crippen molar-refractivity contribution in [2.75, 3.05) is 13.1 Å². The predicted octanol–water partition coefficient (Wildman–Crippen LogP) is 3.17. The summed E-state index contributed by atoms with van der Waals surface area (Å²) in [7, 11) is 0. The fraction of sp³-hybridized carbons (Fsp3) is 0.294. The van der Waals surface area contributed by atoms with Gasteiger partial charge in [0.2, 0.25) is 0 Å². The number of carbonyl (C=O) groups is 1. The van der Waals surface area contributed by atoms with Crippen LogP contribution in [0, 0.1) is 17.0 Å². The highest BCUT2D eigenvalue weighted by molar-refractivity contribution is 6.12. The quantitative estimate of drug-likeness (QED) is 0.356. The lowest BCUT2D eigenvalue weighted by molar-refractivity contribution is -0.566. The Kier molecular flexibility index (Phi) is 4.56. The molecule has 0 saturated carbocycles. The van der Waals surface area contributed by atoms with Gasteiger partial charge in [-0.05, 0) is 10.8 Å². The number of ketones is 1. The lowest BCUT2D eigenvalue weighted by atomic mass is 9.93. The van der Waals surface area contributed by atoms with Gasteiger partial charge in [-0.25, -0.2) is 4.90 Å². The standard InChI is InChI=1S/C17H19N2O3/c1-4-18(5-2)17(3,19(21)22)16(20)15-12-8-10-13-9-6-7-11-14(13)15/h6-12H,3-5H2,1-2H3. The van der Waals surface area contributed by atoms with Crippen molar-refractivity contribution in [3.05, 3.63) is 65.1 Å². The van der Waals surface area contributed by atoms with Crippen molar-refractivity contribution in [3.63, 3.8) is 0 Å². The van der Waals surface area contributed by atoms with E-state index < -0.39 is 16.4 Å². The van der Waals surface area contributed by atoms with Crippen LogP contribution < -0.4 is 0 Å². The zero-order valence-corrected chi connectivity index (χ0v) is 12.8. The Bertz CT molecular complexity index is 705. The summed E-state index contributed by atoms with van der Waals surface area (Å²) in [5.74, 6) is -0.585. The van der Waals surface area contributed by atoms with Gasteiger partial charge in [0, 0.05) is 18.7 Å². The summed E-state index contributed by atoms with van der Waals surface area (Å²) in [5.41, 5.74) is -1.68. The predicted molar refractivity (Wildman–Crippen MR) is 86.3 cm³/mol. The normalized spacial score (nSPS) is 14.0. The first-order valence-electron chi connectivity index (χ1n) is 7.24. The van der Waals surface area contributed by atoms with Crippen LogP contribution in [-0.4, -0.2) is 34.4 Å².